The highest BCUT2D eigenvalue weighted by Gasteiger charge is 2.26. The minimum atomic E-state index is -0.365. The van der Waals surface area contributed by atoms with Crippen LogP contribution in [0.25, 0.3) is 0 Å². The second-order valence-electron chi connectivity index (χ2n) is 5.03. The van der Waals surface area contributed by atoms with E-state index >= 15 is 0 Å². The summed E-state index contributed by atoms with van der Waals surface area (Å²) in [6.07, 6.45) is 2.09. The molecule has 2 rings (SSSR count). The summed E-state index contributed by atoms with van der Waals surface area (Å²) in [6.45, 7) is 4.15. The van der Waals surface area contributed by atoms with Crippen molar-refractivity contribution in [1.29, 1.82) is 5.26 Å². The van der Waals surface area contributed by atoms with Gasteiger partial charge in [0.05, 0.1) is 18.2 Å². The summed E-state index contributed by atoms with van der Waals surface area (Å²) >= 11 is 0. The molecule has 0 saturated carbocycles. The fourth-order valence-electron chi connectivity index (χ4n) is 2.21. The lowest BCUT2D eigenvalue weighted by atomic mass is 9.94. The molecule has 1 fully saturated rings. The van der Waals surface area contributed by atoms with Crippen molar-refractivity contribution >= 4 is 0 Å². The summed E-state index contributed by atoms with van der Waals surface area (Å²) in [4.78, 5) is 0. The quantitative estimate of drug-likeness (QED) is 0.893. The molecule has 3 nitrogen and oxygen atoms in total. The number of halogens is 1. The third-order valence-electron chi connectivity index (χ3n) is 3.24. The van der Waals surface area contributed by atoms with Gasteiger partial charge in [0.25, 0.3) is 0 Å². The van der Waals surface area contributed by atoms with Crippen molar-refractivity contribution in [3.63, 3.8) is 0 Å². The zero-order valence-electron chi connectivity index (χ0n) is 10.5. The highest BCUT2D eigenvalue weighted by Crippen LogP contribution is 2.19. The van der Waals surface area contributed by atoms with E-state index in [1.165, 1.54) is 12.1 Å². The van der Waals surface area contributed by atoms with Crippen molar-refractivity contribution in [3.8, 4) is 6.07 Å². The van der Waals surface area contributed by atoms with E-state index in [1.54, 1.807) is 6.07 Å². The second-order valence-corrected chi connectivity index (χ2v) is 5.03. The van der Waals surface area contributed by atoms with Crippen molar-refractivity contribution in [1.82, 2.24) is 5.32 Å². The van der Waals surface area contributed by atoms with Crippen LogP contribution in [-0.2, 0) is 11.3 Å². The number of ether oxygens (including phenoxy) is 1. The zero-order valence-corrected chi connectivity index (χ0v) is 10.5. The largest absolute Gasteiger partial charge is 0.380 e. The van der Waals surface area contributed by atoms with E-state index in [0.717, 1.165) is 25.0 Å². The van der Waals surface area contributed by atoms with Gasteiger partial charge in [-0.15, -0.1) is 0 Å². The molecule has 1 heterocycles. The van der Waals surface area contributed by atoms with Crippen molar-refractivity contribution in [3.05, 3.63) is 35.1 Å². The summed E-state index contributed by atoms with van der Waals surface area (Å²) in [7, 11) is 0. The van der Waals surface area contributed by atoms with E-state index in [2.05, 4.69) is 12.2 Å². The van der Waals surface area contributed by atoms with E-state index in [1.807, 2.05) is 6.07 Å². The lowest BCUT2D eigenvalue weighted by Gasteiger charge is -2.34. The van der Waals surface area contributed by atoms with Crippen LogP contribution in [0.4, 0.5) is 4.39 Å². The van der Waals surface area contributed by atoms with Gasteiger partial charge in [0.15, 0.2) is 0 Å². The van der Waals surface area contributed by atoms with Gasteiger partial charge in [0.2, 0.25) is 0 Å². The van der Waals surface area contributed by atoms with Crippen molar-refractivity contribution in [2.24, 2.45) is 0 Å². The molecular weight excluding hydrogens is 231 g/mol. The Morgan fingerprint density at radius 1 is 1.50 bits per heavy atom. The van der Waals surface area contributed by atoms with Gasteiger partial charge in [-0.3, -0.25) is 0 Å². The van der Waals surface area contributed by atoms with Crippen molar-refractivity contribution in [2.75, 3.05) is 13.2 Å². The van der Waals surface area contributed by atoms with E-state index < -0.39 is 0 Å². The predicted octanol–water partition coefficient (Wildman–Crippen LogP) is 2.36. The van der Waals surface area contributed by atoms with Gasteiger partial charge in [-0.2, -0.15) is 5.26 Å². The van der Waals surface area contributed by atoms with Crippen LogP contribution in [0.5, 0.6) is 0 Å². The molecule has 1 unspecified atom stereocenters. The molecule has 4 heteroatoms. The average Bonchev–Trinajstić information content (AvgIpc) is 2.37. The van der Waals surface area contributed by atoms with Gasteiger partial charge < -0.3 is 10.1 Å². The molecule has 18 heavy (non-hydrogen) atoms. The number of rotatable bonds is 3. The first-order valence-electron chi connectivity index (χ1n) is 6.14. The number of hydrogen-bond donors (Lipinski definition) is 1. The second kappa shape index (κ2) is 5.47. The molecule has 0 spiro atoms. The molecule has 0 aliphatic carbocycles. The van der Waals surface area contributed by atoms with Gasteiger partial charge in [-0.25, -0.2) is 4.39 Å². The van der Waals surface area contributed by atoms with E-state index in [0.29, 0.717) is 18.7 Å². The summed E-state index contributed by atoms with van der Waals surface area (Å²) in [5.74, 6) is -0.365. The predicted molar refractivity (Wildman–Crippen MR) is 66.4 cm³/mol. The van der Waals surface area contributed by atoms with Gasteiger partial charge in [0, 0.05) is 18.7 Å². The Morgan fingerprint density at radius 2 is 2.33 bits per heavy atom. The van der Waals surface area contributed by atoms with Crippen LogP contribution in [-0.4, -0.2) is 18.8 Å². The summed E-state index contributed by atoms with van der Waals surface area (Å²) in [5, 5.41) is 12.2. The van der Waals surface area contributed by atoms with E-state index in [-0.39, 0.29) is 11.4 Å². The number of hydrogen-bond acceptors (Lipinski definition) is 3. The van der Waals surface area contributed by atoms with E-state index in [4.69, 9.17) is 10.00 Å². The standard InChI is InChI=1S/C14H17FN2O/c1-14(3-2-4-18-10-14)17-9-12-5-11(8-16)6-13(15)7-12/h5-7,17H,2-4,9-10H2,1H3. The maximum Gasteiger partial charge on any atom is 0.124 e. The number of benzene rings is 1. The van der Waals surface area contributed by atoms with Gasteiger partial charge in [-0.1, -0.05) is 0 Å². The van der Waals surface area contributed by atoms with Crippen molar-refractivity contribution in [2.45, 2.75) is 31.8 Å². The average molecular weight is 248 g/mol. The Kier molecular flexibility index (Phi) is 3.95. The molecule has 1 aliphatic heterocycles. The summed E-state index contributed by atoms with van der Waals surface area (Å²) < 4.78 is 18.7. The molecule has 1 aromatic carbocycles. The Hall–Kier alpha value is -1.44. The Balaban J connectivity index is 2.01. The molecule has 1 saturated heterocycles. The summed E-state index contributed by atoms with van der Waals surface area (Å²) in [6, 6.07) is 6.38. The van der Waals surface area contributed by atoms with Gasteiger partial charge in [0.1, 0.15) is 5.82 Å². The fraction of sp³-hybridized carbons (Fsp3) is 0.500. The molecular formula is C14H17FN2O. The molecule has 0 radical (unpaired) electrons. The van der Waals surface area contributed by atoms with Crippen LogP contribution in [0.1, 0.15) is 30.9 Å². The molecule has 1 atom stereocenters. The SMILES string of the molecule is CC1(NCc2cc(F)cc(C#N)c2)CCCOC1. The normalized spacial score (nSPS) is 23.6. The number of nitrogens with zero attached hydrogens (tertiary/aromatic N) is 1. The lowest BCUT2D eigenvalue weighted by Crippen LogP contribution is -2.48. The Morgan fingerprint density at radius 3 is 3.00 bits per heavy atom. The molecule has 0 amide bonds. The van der Waals surface area contributed by atoms with Crippen LogP contribution in [0, 0.1) is 17.1 Å². The van der Waals surface area contributed by atoms with Crippen LogP contribution in [0.3, 0.4) is 0 Å². The first kappa shape index (κ1) is 13.0. The highest BCUT2D eigenvalue weighted by atomic mass is 19.1. The van der Waals surface area contributed by atoms with Crippen LogP contribution >= 0.6 is 0 Å². The number of nitriles is 1. The van der Waals surface area contributed by atoms with Gasteiger partial charge in [-0.05, 0) is 43.5 Å². The van der Waals surface area contributed by atoms with Gasteiger partial charge >= 0.3 is 0 Å². The molecule has 1 N–H and O–H groups in total. The topological polar surface area (TPSA) is 45.0 Å². The first-order chi connectivity index (χ1) is 8.61. The minimum Gasteiger partial charge on any atom is -0.380 e. The minimum absolute atomic E-state index is 0.0582. The number of nitrogens with one attached hydrogen (secondary N) is 1. The third-order valence-corrected chi connectivity index (χ3v) is 3.24. The monoisotopic (exact) mass is 248 g/mol. The maximum absolute atomic E-state index is 13.3. The molecule has 1 aliphatic rings. The Bertz CT molecular complexity index is 461. The zero-order chi connectivity index (χ0) is 13.0. The van der Waals surface area contributed by atoms with Crippen molar-refractivity contribution < 1.29 is 9.13 Å². The summed E-state index contributed by atoms with van der Waals surface area (Å²) in [5.41, 5.74) is 1.09. The Labute approximate surface area is 107 Å². The molecule has 0 aromatic heterocycles. The maximum atomic E-state index is 13.3. The third kappa shape index (κ3) is 3.28. The van der Waals surface area contributed by atoms with Crippen LogP contribution in [0.2, 0.25) is 0 Å². The highest BCUT2D eigenvalue weighted by molar-refractivity contribution is 5.33. The molecule has 1 aromatic rings. The fourth-order valence-corrected chi connectivity index (χ4v) is 2.21. The van der Waals surface area contributed by atoms with Crippen LogP contribution < -0.4 is 5.32 Å². The molecule has 0 bridgehead atoms. The molecule has 96 valence electrons. The smallest absolute Gasteiger partial charge is 0.124 e. The first-order valence-corrected chi connectivity index (χ1v) is 6.14. The van der Waals surface area contributed by atoms with E-state index in [9.17, 15) is 4.39 Å². The lowest BCUT2D eigenvalue weighted by molar-refractivity contribution is 0.0278. The van der Waals surface area contributed by atoms with Crippen LogP contribution in [0.15, 0.2) is 18.2 Å².